The fourth-order valence-corrected chi connectivity index (χ4v) is 2.84. The summed E-state index contributed by atoms with van der Waals surface area (Å²) in [6.07, 6.45) is 2.47. The molecular weight excluding hydrogens is 312 g/mol. The number of hydrogen-bond acceptors (Lipinski definition) is 3. The van der Waals surface area contributed by atoms with Crippen LogP contribution in [0.5, 0.6) is 0 Å². The van der Waals surface area contributed by atoms with E-state index in [1.54, 1.807) is 24.3 Å². The van der Waals surface area contributed by atoms with Crippen molar-refractivity contribution in [1.82, 2.24) is 0 Å². The normalized spacial score (nSPS) is 16.5. The first-order valence-electron chi connectivity index (χ1n) is 7.50. The average molecular weight is 329 g/mol. The monoisotopic (exact) mass is 328 g/mol. The molecule has 3 rings (SSSR count). The van der Waals surface area contributed by atoms with E-state index in [1.807, 2.05) is 23.1 Å². The molecule has 4 nitrogen and oxygen atoms in total. The third-order valence-electron chi connectivity index (χ3n) is 3.98. The van der Waals surface area contributed by atoms with Crippen molar-refractivity contribution >= 4 is 17.4 Å². The number of hydrogen-bond donors (Lipinski definition) is 1. The van der Waals surface area contributed by atoms with Gasteiger partial charge in [0, 0.05) is 29.5 Å². The second-order valence-electron chi connectivity index (χ2n) is 5.66. The molecule has 1 fully saturated rings. The Hall–Kier alpha value is -2.22. The summed E-state index contributed by atoms with van der Waals surface area (Å²) in [5, 5.41) is 23.0. The molecule has 1 aliphatic rings. The summed E-state index contributed by atoms with van der Waals surface area (Å²) < 4.78 is 0.849. The van der Waals surface area contributed by atoms with Crippen molar-refractivity contribution in [2.75, 3.05) is 18.0 Å². The molecule has 1 saturated heterocycles. The Labute approximate surface area is 140 Å². The van der Waals surface area contributed by atoms with E-state index < -0.39 is 5.60 Å². The quantitative estimate of drug-likeness (QED) is 0.497. The van der Waals surface area contributed by atoms with Crippen molar-refractivity contribution in [2.45, 2.75) is 18.4 Å². The number of aliphatic hydroxyl groups is 1. The zero-order chi connectivity index (χ0) is 16.3. The number of halogens is 1. The fraction of sp³-hybridized carbons (Fsp3) is 0.278. The minimum atomic E-state index is -1.03. The molecule has 1 aliphatic heterocycles. The van der Waals surface area contributed by atoms with Crippen LogP contribution in [0.4, 0.5) is 5.82 Å². The molecule has 0 spiro atoms. The molecule has 0 saturated carbocycles. The highest BCUT2D eigenvalue weighted by atomic mass is 35.5. The Morgan fingerprint density at radius 3 is 2.65 bits per heavy atom. The van der Waals surface area contributed by atoms with Gasteiger partial charge in [-0.25, -0.2) is 4.73 Å². The van der Waals surface area contributed by atoms with Crippen LogP contribution in [0, 0.1) is 17.0 Å². The predicted octanol–water partition coefficient (Wildman–Crippen LogP) is 2.36. The Morgan fingerprint density at radius 2 is 1.96 bits per heavy atom. The van der Waals surface area contributed by atoms with Crippen molar-refractivity contribution in [3.05, 3.63) is 64.5 Å². The van der Waals surface area contributed by atoms with Gasteiger partial charge in [0.1, 0.15) is 5.60 Å². The van der Waals surface area contributed by atoms with Gasteiger partial charge >= 0.3 is 0 Å². The maximum Gasteiger partial charge on any atom is 0.279 e. The zero-order valence-corrected chi connectivity index (χ0v) is 13.3. The number of pyridine rings is 1. The SMILES string of the molecule is [O-][n+]1ccccc1N1CCC(O)(C#Cc2cccc(Cl)c2)CC1. The molecule has 0 aliphatic carbocycles. The van der Waals surface area contributed by atoms with E-state index in [9.17, 15) is 10.3 Å². The Morgan fingerprint density at radius 1 is 1.17 bits per heavy atom. The highest BCUT2D eigenvalue weighted by Gasteiger charge is 2.34. The van der Waals surface area contributed by atoms with Crippen LogP contribution in [0.2, 0.25) is 5.02 Å². The van der Waals surface area contributed by atoms with Gasteiger partial charge in [-0.1, -0.05) is 35.6 Å². The highest BCUT2D eigenvalue weighted by Crippen LogP contribution is 2.24. The summed E-state index contributed by atoms with van der Waals surface area (Å²) in [4.78, 5) is 1.97. The lowest BCUT2D eigenvalue weighted by atomic mass is 9.91. The van der Waals surface area contributed by atoms with E-state index in [2.05, 4.69) is 11.8 Å². The molecule has 5 heteroatoms. The molecule has 118 valence electrons. The van der Waals surface area contributed by atoms with E-state index in [1.165, 1.54) is 6.20 Å². The summed E-state index contributed by atoms with van der Waals surface area (Å²) in [5.41, 5.74) is -0.241. The van der Waals surface area contributed by atoms with Crippen LogP contribution < -0.4 is 9.63 Å². The zero-order valence-electron chi connectivity index (χ0n) is 12.6. The standard InChI is InChI=1S/C18H17ClN2O2/c19-16-5-3-4-15(14-16)7-8-18(22)9-12-20(13-10-18)17-6-1-2-11-21(17)23/h1-6,11,14,22H,9-10,12-13H2. The Kier molecular flexibility index (Phi) is 4.42. The van der Waals surface area contributed by atoms with E-state index in [0.29, 0.717) is 36.8 Å². The van der Waals surface area contributed by atoms with Crippen LogP contribution in [-0.4, -0.2) is 23.8 Å². The van der Waals surface area contributed by atoms with Gasteiger partial charge < -0.3 is 10.3 Å². The summed E-state index contributed by atoms with van der Waals surface area (Å²) in [7, 11) is 0. The first-order chi connectivity index (χ1) is 11.1. The summed E-state index contributed by atoms with van der Waals surface area (Å²) in [6.45, 7) is 1.18. The van der Waals surface area contributed by atoms with Crippen LogP contribution in [0.15, 0.2) is 48.7 Å². The van der Waals surface area contributed by atoms with Gasteiger partial charge in [0.15, 0.2) is 0 Å². The van der Waals surface area contributed by atoms with E-state index in [-0.39, 0.29) is 0 Å². The fourth-order valence-electron chi connectivity index (χ4n) is 2.65. The first kappa shape index (κ1) is 15.7. The molecular formula is C18H17ClN2O2. The summed E-state index contributed by atoms with van der Waals surface area (Å²) in [5.74, 6) is 6.56. The third-order valence-corrected chi connectivity index (χ3v) is 4.22. The second-order valence-corrected chi connectivity index (χ2v) is 6.10. The Bertz CT molecular complexity index is 759. The van der Waals surface area contributed by atoms with E-state index >= 15 is 0 Å². The molecule has 0 unspecified atom stereocenters. The molecule has 2 aromatic rings. The van der Waals surface area contributed by atoms with Gasteiger partial charge in [0.25, 0.3) is 5.82 Å². The van der Waals surface area contributed by atoms with Crippen molar-refractivity contribution in [3.63, 3.8) is 0 Å². The van der Waals surface area contributed by atoms with Gasteiger partial charge in [0.2, 0.25) is 0 Å². The van der Waals surface area contributed by atoms with Gasteiger partial charge in [-0.3, -0.25) is 4.90 Å². The molecule has 1 N–H and O–H groups in total. The van der Waals surface area contributed by atoms with Gasteiger partial charge in [-0.2, -0.15) is 0 Å². The molecule has 1 aromatic heterocycles. The van der Waals surface area contributed by atoms with Crippen molar-refractivity contribution in [3.8, 4) is 11.8 Å². The molecule has 0 atom stereocenters. The molecule has 1 aromatic carbocycles. The lowest BCUT2D eigenvalue weighted by molar-refractivity contribution is -0.592. The molecule has 0 bridgehead atoms. The lowest BCUT2D eigenvalue weighted by Crippen LogP contribution is -2.47. The molecule has 2 heterocycles. The van der Waals surface area contributed by atoms with Crippen LogP contribution in [0.1, 0.15) is 18.4 Å². The second kappa shape index (κ2) is 6.49. The van der Waals surface area contributed by atoms with Gasteiger partial charge in [-0.15, -0.1) is 0 Å². The van der Waals surface area contributed by atoms with Crippen molar-refractivity contribution in [2.24, 2.45) is 0 Å². The summed E-state index contributed by atoms with van der Waals surface area (Å²) in [6, 6.07) is 12.6. The van der Waals surface area contributed by atoms with Crippen LogP contribution in [-0.2, 0) is 0 Å². The first-order valence-corrected chi connectivity index (χ1v) is 7.88. The number of benzene rings is 1. The number of rotatable bonds is 1. The maximum absolute atomic E-state index is 11.8. The van der Waals surface area contributed by atoms with Crippen LogP contribution in [0.3, 0.4) is 0 Å². The van der Waals surface area contributed by atoms with Crippen molar-refractivity contribution < 1.29 is 9.84 Å². The Balaban J connectivity index is 1.70. The number of piperidine rings is 1. The maximum atomic E-state index is 11.8. The van der Waals surface area contributed by atoms with E-state index in [0.717, 1.165) is 10.3 Å². The van der Waals surface area contributed by atoms with E-state index in [4.69, 9.17) is 11.6 Å². The minimum absolute atomic E-state index is 0.495. The number of nitrogens with zero attached hydrogens (tertiary/aromatic N) is 2. The largest absolute Gasteiger partial charge is 0.711 e. The molecule has 0 radical (unpaired) electrons. The predicted molar refractivity (Wildman–Crippen MR) is 90.1 cm³/mol. The van der Waals surface area contributed by atoms with Crippen molar-refractivity contribution in [1.29, 1.82) is 0 Å². The average Bonchev–Trinajstić information content (AvgIpc) is 2.55. The highest BCUT2D eigenvalue weighted by molar-refractivity contribution is 6.30. The minimum Gasteiger partial charge on any atom is -0.711 e. The smallest absolute Gasteiger partial charge is 0.279 e. The molecule has 23 heavy (non-hydrogen) atoms. The third kappa shape index (κ3) is 3.76. The topological polar surface area (TPSA) is 50.4 Å². The van der Waals surface area contributed by atoms with Crippen LogP contribution in [0.25, 0.3) is 0 Å². The van der Waals surface area contributed by atoms with Gasteiger partial charge in [0.05, 0.1) is 19.3 Å². The number of anilines is 1. The van der Waals surface area contributed by atoms with Gasteiger partial charge in [-0.05, 0) is 24.3 Å². The summed E-state index contributed by atoms with van der Waals surface area (Å²) >= 11 is 5.93. The number of aromatic nitrogens is 1. The van der Waals surface area contributed by atoms with Crippen LogP contribution >= 0.6 is 11.6 Å². The lowest BCUT2D eigenvalue weighted by Gasteiger charge is -2.32. The molecule has 0 amide bonds.